The van der Waals surface area contributed by atoms with Crippen LogP contribution in [-0.2, 0) is 14.3 Å². The van der Waals surface area contributed by atoms with Gasteiger partial charge in [0.05, 0.1) is 12.7 Å². The average molecular weight is 217 g/mol. The second-order valence-electron chi connectivity index (χ2n) is 3.69. The van der Waals surface area contributed by atoms with Crippen molar-refractivity contribution in [1.82, 2.24) is 5.32 Å². The number of aliphatic hydroxyl groups is 1. The van der Waals surface area contributed by atoms with Crippen LogP contribution < -0.4 is 5.32 Å². The molecule has 0 aromatic carbocycles. The normalized spacial score (nSPS) is 22.7. The largest absolute Gasteiger partial charge is 0.391 e. The number of hydrogen-bond acceptors (Lipinski definition) is 4. The number of amides is 1. The Labute approximate surface area is 89.8 Å². The van der Waals surface area contributed by atoms with Crippen LogP contribution in [0.4, 0.5) is 0 Å². The van der Waals surface area contributed by atoms with Crippen LogP contribution >= 0.6 is 0 Å². The van der Waals surface area contributed by atoms with E-state index < -0.39 is 6.10 Å². The summed E-state index contributed by atoms with van der Waals surface area (Å²) in [5.41, 5.74) is 0. The van der Waals surface area contributed by atoms with Gasteiger partial charge in [0.2, 0.25) is 5.91 Å². The Morgan fingerprint density at radius 1 is 1.73 bits per heavy atom. The zero-order chi connectivity index (χ0) is 11.1. The van der Waals surface area contributed by atoms with Crippen LogP contribution in [-0.4, -0.2) is 50.1 Å². The number of methoxy groups -OCH3 is 1. The lowest BCUT2D eigenvalue weighted by Gasteiger charge is -2.12. The van der Waals surface area contributed by atoms with Crippen molar-refractivity contribution < 1.29 is 19.4 Å². The predicted molar refractivity (Wildman–Crippen MR) is 54.5 cm³/mol. The maximum atomic E-state index is 11.4. The monoisotopic (exact) mass is 217 g/mol. The minimum absolute atomic E-state index is 0.0721. The molecule has 0 spiro atoms. The van der Waals surface area contributed by atoms with Crippen molar-refractivity contribution in [1.29, 1.82) is 0 Å². The highest BCUT2D eigenvalue weighted by Gasteiger charge is 2.22. The number of aliphatic hydroxyl groups excluding tert-OH is 1. The Hall–Kier alpha value is -0.650. The van der Waals surface area contributed by atoms with Gasteiger partial charge in [-0.1, -0.05) is 0 Å². The number of carbonyl (C=O) groups excluding carboxylic acids is 1. The maximum absolute atomic E-state index is 11.4. The van der Waals surface area contributed by atoms with E-state index in [1.807, 2.05) is 0 Å². The molecule has 0 radical (unpaired) electrons. The van der Waals surface area contributed by atoms with Crippen LogP contribution in [0.5, 0.6) is 0 Å². The highest BCUT2D eigenvalue weighted by atomic mass is 16.5. The van der Waals surface area contributed by atoms with E-state index >= 15 is 0 Å². The molecule has 0 saturated carbocycles. The van der Waals surface area contributed by atoms with Crippen LogP contribution in [0.2, 0.25) is 0 Å². The number of hydrogen-bond donors (Lipinski definition) is 2. The first-order valence-corrected chi connectivity index (χ1v) is 5.30. The standard InChI is InChI=1S/C10H19NO4/c1-14-7-8(12)4-5-11-10(13)9-3-2-6-15-9/h8-9,12H,2-7H2,1H3,(H,11,13)/t8?,9-/m1/s1. The van der Waals surface area contributed by atoms with Crippen LogP contribution in [0.3, 0.4) is 0 Å². The summed E-state index contributed by atoms with van der Waals surface area (Å²) in [6.07, 6.45) is 1.45. The van der Waals surface area contributed by atoms with Gasteiger partial charge in [0.25, 0.3) is 0 Å². The van der Waals surface area contributed by atoms with Crippen molar-refractivity contribution in [3.8, 4) is 0 Å². The third-order valence-electron chi connectivity index (χ3n) is 2.36. The predicted octanol–water partition coefficient (Wildman–Crippen LogP) is -0.321. The lowest BCUT2D eigenvalue weighted by Crippen LogP contribution is -2.36. The summed E-state index contributed by atoms with van der Waals surface area (Å²) in [7, 11) is 1.54. The van der Waals surface area contributed by atoms with Gasteiger partial charge >= 0.3 is 0 Å². The first-order chi connectivity index (χ1) is 7.24. The van der Waals surface area contributed by atoms with E-state index in [-0.39, 0.29) is 12.0 Å². The van der Waals surface area contributed by atoms with Crippen LogP contribution in [0.1, 0.15) is 19.3 Å². The summed E-state index contributed by atoms with van der Waals surface area (Å²) < 4.78 is 9.99. The quantitative estimate of drug-likeness (QED) is 0.640. The van der Waals surface area contributed by atoms with Crippen molar-refractivity contribution in [3.63, 3.8) is 0 Å². The van der Waals surface area contributed by atoms with E-state index in [2.05, 4.69) is 5.32 Å². The Morgan fingerprint density at radius 3 is 3.13 bits per heavy atom. The molecule has 1 rings (SSSR count). The van der Waals surface area contributed by atoms with E-state index in [0.717, 1.165) is 12.8 Å². The highest BCUT2D eigenvalue weighted by Crippen LogP contribution is 2.11. The van der Waals surface area contributed by atoms with Crippen molar-refractivity contribution >= 4 is 5.91 Å². The summed E-state index contributed by atoms with van der Waals surface area (Å²) in [4.78, 5) is 11.4. The van der Waals surface area contributed by atoms with Gasteiger partial charge in [0.1, 0.15) is 6.10 Å². The van der Waals surface area contributed by atoms with Gasteiger partial charge in [-0.15, -0.1) is 0 Å². The summed E-state index contributed by atoms with van der Waals surface area (Å²) in [6.45, 7) is 1.43. The molecule has 0 aromatic heterocycles. The molecule has 0 aliphatic carbocycles. The molecule has 5 nitrogen and oxygen atoms in total. The molecule has 1 saturated heterocycles. The zero-order valence-electron chi connectivity index (χ0n) is 9.07. The molecule has 88 valence electrons. The van der Waals surface area contributed by atoms with E-state index in [0.29, 0.717) is 26.2 Å². The van der Waals surface area contributed by atoms with Gasteiger partial charge in [-0.25, -0.2) is 0 Å². The van der Waals surface area contributed by atoms with Crippen molar-refractivity contribution in [2.75, 3.05) is 26.9 Å². The molecule has 2 N–H and O–H groups in total. The summed E-state index contributed by atoms with van der Waals surface area (Å²) in [6, 6.07) is 0. The molecular weight excluding hydrogens is 198 g/mol. The van der Waals surface area contributed by atoms with E-state index in [9.17, 15) is 9.90 Å². The second-order valence-corrected chi connectivity index (χ2v) is 3.69. The number of nitrogens with one attached hydrogen (secondary N) is 1. The lowest BCUT2D eigenvalue weighted by atomic mass is 10.2. The highest BCUT2D eigenvalue weighted by molar-refractivity contribution is 5.80. The van der Waals surface area contributed by atoms with Gasteiger partial charge in [-0.2, -0.15) is 0 Å². The van der Waals surface area contributed by atoms with Gasteiger partial charge < -0.3 is 19.9 Å². The number of rotatable bonds is 6. The van der Waals surface area contributed by atoms with Crippen LogP contribution in [0.25, 0.3) is 0 Å². The fourth-order valence-corrected chi connectivity index (χ4v) is 1.54. The Balaban J connectivity index is 2.06. The summed E-state index contributed by atoms with van der Waals surface area (Å²) in [5, 5.41) is 12.1. The number of carbonyl (C=O) groups is 1. The molecule has 2 atom stereocenters. The van der Waals surface area contributed by atoms with Gasteiger partial charge in [-0.05, 0) is 19.3 Å². The first-order valence-electron chi connectivity index (χ1n) is 5.30. The summed E-state index contributed by atoms with van der Waals surface area (Å²) in [5.74, 6) is -0.0721. The molecule has 1 unspecified atom stereocenters. The third kappa shape index (κ3) is 4.59. The Kier molecular flexibility index (Phi) is 5.60. The van der Waals surface area contributed by atoms with E-state index in [1.165, 1.54) is 7.11 Å². The molecule has 15 heavy (non-hydrogen) atoms. The summed E-state index contributed by atoms with van der Waals surface area (Å²) >= 11 is 0. The van der Waals surface area contributed by atoms with Crippen molar-refractivity contribution in [3.05, 3.63) is 0 Å². The number of ether oxygens (including phenoxy) is 2. The molecule has 5 heteroatoms. The molecule has 1 aliphatic rings. The second kappa shape index (κ2) is 6.76. The van der Waals surface area contributed by atoms with E-state index in [1.54, 1.807) is 0 Å². The molecule has 1 fully saturated rings. The molecule has 1 heterocycles. The molecular formula is C10H19NO4. The fraction of sp³-hybridized carbons (Fsp3) is 0.900. The van der Waals surface area contributed by atoms with Gasteiger partial charge in [-0.3, -0.25) is 4.79 Å². The van der Waals surface area contributed by atoms with Crippen molar-refractivity contribution in [2.24, 2.45) is 0 Å². The van der Waals surface area contributed by atoms with Crippen LogP contribution in [0.15, 0.2) is 0 Å². The SMILES string of the molecule is COCC(O)CCNC(=O)[C@H]1CCCO1. The maximum Gasteiger partial charge on any atom is 0.249 e. The molecule has 0 aromatic rings. The minimum Gasteiger partial charge on any atom is -0.391 e. The van der Waals surface area contributed by atoms with Gasteiger partial charge in [0, 0.05) is 20.3 Å². The van der Waals surface area contributed by atoms with Crippen LogP contribution in [0, 0.1) is 0 Å². The molecule has 0 bridgehead atoms. The van der Waals surface area contributed by atoms with E-state index in [4.69, 9.17) is 9.47 Å². The minimum atomic E-state index is -0.514. The topological polar surface area (TPSA) is 67.8 Å². The fourth-order valence-electron chi connectivity index (χ4n) is 1.54. The molecule has 1 amide bonds. The Bertz CT molecular complexity index is 192. The van der Waals surface area contributed by atoms with Crippen molar-refractivity contribution in [2.45, 2.75) is 31.5 Å². The first kappa shape index (κ1) is 12.4. The van der Waals surface area contributed by atoms with Gasteiger partial charge in [0.15, 0.2) is 0 Å². The third-order valence-corrected chi connectivity index (χ3v) is 2.36. The molecule has 1 aliphatic heterocycles. The Morgan fingerprint density at radius 2 is 2.53 bits per heavy atom. The smallest absolute Gasteiger partial charge is 0.249 e. The lowest BCUT2D eigenvalue weighted by molar-refractivity contribution is -0.130. The average Bonchev–Trinajstić information content (AvgIpc) is 2.70. The zero-order valence-corrected chi connectivity index (χ0v) is 9.07.